The second kappa shape index (κ2) is 8.19. The minimum absolute atomic E-state index is 0.0345. The molecular formula is C22H26N4O3. The van der Waals surface area contributed by atoms with Crippen LogP contribution in [0.2, 0.25) is 0 Å². The molecule has 1 saturated heterocycles. The minimum Gasteiger partial charge on any atom is -0.339 e. The third kappa shape index (κ3) is 4.23. The number of hydrogen-bond acceptors (Lipinski definition) is 4. The van der Waals surface area contributed by atoms with Crippen LogP contribution in [0, 0.1) is 11.8 Å². The van der Waals surface area contributed by atoms with E-state index in [4.69, 9.17) is 0 Å². The Kier molecular flexibility index (Phi) is 5.47. The first-order valence-corrected chi connectivity index (χ1v) is 10.3. The van der Waals surface area contributed by atoms with E-state index in [1.807, 2.05) is 35.2 Å². The van der Waals surface area contributed by atoms with Crippen LogP contribution in [0.25, 0.3) is 10.9 Å². The van der Waals surface area contributed by atoms with Crippen molar-refractivity contribution in [2.75, 3.05) is 6.54 Å². The lowest BCUT2D eigenvalue weighted by atomic mass is 9.87. The summed E-state index contributed by atoms with van der Waals surface area (Å²) in [6, 6.07) is 11.2. The van der Waals surface area contributed by atoms with Gasteiger partial charge in [0.05, 0.1) is 11.4 Å². The van der Waals surface area contributed by atoms with E-state index in [0.717, 1.165) is 31.1 Å². The van der Waals surface area contributed by atoms with Gasteiger partial charge in [0.2, 0.25) is 11.8 Å². The molecule has 29 heavy (non-hydrogen) atoms. The third-order valence-corrected chi connectivity index (χ3v) is 6.09. The van der Waals surface area contributed by atoms with Crippen molar-refractivity contribution in [1.82, 2.24) is 20.7 Å². The van der Waals surface area contributed by atoms with E-state index in [9.17, 15) is 14.4 Å². The topological polar surface area (TPSA) is 91.4 Å². The number of nitrogens with zero attached hydrogens (tertiary/aromatic N) is 2. The number of benzene rings is 1. The molecule has 0 spiro atoms. The average molecular weight is 394 g/mol. The Labute approximate surface area is 169 Å². The largest absolute Gasteiger partial charge is 0.339 e. The van der Waals surface area contributed by atoms with Crippen LogP contribution in [-0.4, -0.2) is 40.2 Å². The maximum Gasteiger partial charge on any atom is 0.288 e. The molecule has 1 unspecified atom stereocenters. The van der Waals surface area contributed by atoms with Crippen LogP contribution in [-0.2, 0) is 9.59 Å². The zero-order chi connectivity index (χ0) is 20.4. The molecule has 0 radical (unpaired) electrons. The van der Waals surface area contributed by atoms with Gasteiger partial charge in [0.1, 0.15) is 5.69 Å². The fraction of sp³-hybridized carbons (Fsp3) is 0.455. The van der Waals surface area contributed by atoms with Crippen molar-refractivity contribution in [1.29, 1.82) is 0 Å². The van der Waals surface area contributed by atoms with Crippen LogP contribution in [0.4, 0.5) is 0 Å². The summed E-state index contributed by atoms with van der Waals surface area (Å²) in [5.41, 5.74) is 5.83. The van der Waals surface area contributed by atoms with E-state index >= 15 is 0 Å². The van der Waals surface area contributed by atoms with Crippen LogP contribution in [0.3, 0.4) is 0 Å². The predicted molar refractivity (Wildman–Crippen MR) is 109 cm³/mol. The molecule has 1 aromatic carbocycles. The van der Waals surface area contributed by atoms with Crippen LogP contribution in [0.15, 0.2) is 36.4 Å². The van der Waals surface area contributed by atoms with Crippen molar-refractivity contribution in [3.05, 3.63) is 42.1 Å². The first kappa shape index (κ1) is 19.4. The summed E-state index contributed by atoms with van der Waals surface area (Å²) in [5, 5.41) is 0.940. The number of hydrogen-bond donors (Lipinski definition) is 2. The molecule has 1 saturated carbocycles. The Morgan fingerprint density at radius 3 is 2.59 bits per heavy atom. The van der Waals surface area contributed by atoms with Gasteiger partial charge in [0.15, 0.2) is 0 Å². The summed E-state index contributed by atoms with van der Waals surface area (Å²) < 4.78 is 0. The summed E-state index contributed by atoms with van der Waals surface area (Å²) in [5.74, 6) is -0.508. The maximum atomic E-state index is 12.5. The summed E-state index contributed by atoms with van der Waals surface area (Å²) >= 11 is 0. The number of carbonyl (C=O) groups is 3. The first-order chi connectivity index (χ1) is 14.0. The monoisotopic (exact) mass is 394 g/mol. The number of carbonyl (C=O) groups excluding carboxylic acids is 3. The number of para-hydroxylation sites is 1. The number of aromatic nitrogens is 1. The number of fused-ring (bicyclic) bond motifs is 1. The van der Waals surface area contributed by atoms with Gasteiger partial charge in [-0.2, -0.15) is 0 Å². The van der Waals surface area contributed by atoms with Gasteiger partial charge in [-0.1, -0.05) is 31.2 Å². The molecule has 2 aromatic rings. The average Bonchev–Trinajstić information content (AvgIpc) is 3.13. The highest BCUT2D eigenvalue weighted by molar-refractivity contribution is 5.96. The molecule has 0 bridgehead atoms. The smallest absolute Gasteiger partial charge is 0.288 e. The maximum absolute atomic E-state index is 12.5. The Morgan fingerprint density at radius 2 is 1.79 bits per heavy atom. The summed E-state index contributed by atoms with van der Waals surface area (Å²) in [4.78, 5) is 43.4. The summed E-state index contributed by atoms with van der Waals surface area (Å²) in [7, 11) is 0. The van der Waals surface area contributed by atoms with Crippen molar-refractivity contribution >= 4 is 28.6 Å². The molecule has 7 heteroatoms. The van der Waals surface area contributed by atoms with E-state index in [1.54, 1.807) is 6.07 Å². The highest BCUT2D eigenvalue weighted by Gasteiger charge is 2.38. The summed E-state index contributed by atoms with van der Waals surface area (Å²) in [6.45, 7) is 2.67. The number of pyridine rings is 1. The molecular weight excluding hydrogens is 368 g/mol. The van der Waals surface area contributed by atoms with E-state index < -0.39 is 11.8 Å². The molecule has 1 atom stereocenters. The Hall–Kier alpha value is -2.96. The van der Waals surface area contributed by atoms with E-state index in [-0.39, 0.29) is 30.0 Å². The van der Waals surface area contributed by atoms with Gasteiger partial charge in [-0.3, -0.25) is 25.2 Å². The number of hydrazine groups is 1. The van der Waals surface area contributed by atoms with Crippen molar-refractivity contribution < 1.29 is 14.4 Å². The van der Waals surface area contributed by atoms with E-state index in [0.29, 0.717) is 18.0 Å². The van der Waals surface area contributed by atoms with Crippen LogP contribution < -0.4 is 10.9 Å². The Bertz CT molecular complexity index is 937. The lowest BCUT2D eigenvalue weighted by molar-refractivity contribution is -0.131. The molecule has 3 amide bonds. The zero-order valence-electron chi connectivity index (χ0n) is 16.6. The number of nitrogens with one attached hydrogen (secondary N) is 2. The molecule has 1 aromatic heterocycles. The van der Waals surface area contributed by atoms with Crippen LogP contribution in [0.5, 0.6) is 0 Å². The third-order valence-electron chi connectivity index (χ3n) is 6.09. The van der Waals surface area contributed by atoms with Gasteiger partial charge in [-0.15, -0.1) is 0 Å². The first-order valence-electron chi connectivity index (χ1n) is 10.3. The fourth-order valence-corrected chi connectivity index (χ4v) is 4.29. The van der Waals surface area contributed by atoms with E-state index in [1.165, 1.54) is 0 Å². The van der Waals surface area contributed by atoms with Crippen molar-refractivity contribution in [2.45, 2.75) is 45.1 Å². The molecule has 2 aliphatic rings. The molecule has 4 rings (SSSR count). The molecule has 2 heterocycles. The lowest BCUT2D eigenvalue weighted by Crippen LogP contribution is -2.46. The predicted octanol–water partition coefficient (Wildman–Crippen LogP) is 2.42. The zero-order valence-corrected chi connectivity index (χ0v) is 16.6. The van der Waals surface area contributed by atoms with Crippen LogP contribution in [0.1, 0.15) is 49.5 Å². The normalized spacial score (nSPS) is 24.5. The van der Waals surface area contributed by atoms with Crippen molar-refractivity contribution in [3.63, 3.8) is 0 Å². The van der Waals surface area contributed by atoms with Gasteiger partial charge in [0, 0.05) is 24.4 Å². The van der Waals surface area contributed by atoms with Crippen molar-refractivity contribution in [3.8, 4) is 0 Å². The van der Waals surface area contributed by atoms with Gasteiger partial charge in [0.25, 0.3) is 5.91 Å². The van der Waals surface area contributed by atoms with Crippen molar-refractivity contribution in [2.24, 2.45) is 11.8 Å². The molecule has 152 valence electrons. The molecule has 1 aliphatic heterocycles. The highest BCUT2D eigenvalue weighted by atomic mass is 16.2. The molecule has 2 N–H and O–H groups in total. The SMILES string of the molecule is CC1CCC(N2CC(C(=O)NNC(=O)c3ccc4ccccc4n3)CC2=O)CC1. The Morgan fingerprint density at radius 1 is 1.03 bits per heavy atom. The van der Waals surface area contributed by atoms with Crippen LogP contribution >= 0.6 is 0 Å². The van der Waals surface area contributed by atoms with Gasteiger partial charge in [-0.25, -0.2) is 4.98 Å². The molecule has 7 nitrogen and oxygen atoms in total. The second-order valence-electron chi connectivity index (χ2n) is 8.19. The number of rotatable bonds is 3. The van der Waals surface area contributed by atoms with Gasteiger partial charge in [-0.05, 0) is 43.7 Å². The highest BCUT2D eigenvalue weighted by Crippen LogP contribution is 2.31. The lowest BCUT2D eigenvalue weighted by Gasteiger charge is -2.33. The second-order valence-corrected chi connectivity index (χ2v) is 8.19. The Balaban J connectivity index is 1.32. The van der Waals surface area contributed by atoms with Gasteiger partial charge < -0.3 is 4.90 Å². The van der Waals surface area contributed by atoms with E-state index in [2.05, 4.69) is 22.8 Å². The van der Waals surface area contributed by atoms with Gasteiger partial charge >= 0.3 is 0 Å². The standard InChI is InChI=1S/C22H26N4O3/c1-14-6-9-17(10-7-14)26-13-16(12-20(26)27)21(28)24-25-22(29)19-11-8-15-4-2-3-5-18(15)23-19/h2-5,8,11,14,16-17H,6-7,9-10,12-13H2,1H3,(H,24,28)(H,25,29). The summed E-state index contributed by atoms with van der Waals surface area (Å²) in [6.07, 6.45) is 4.46. The fourth-order valence-electron chi connectivity index (χ4n) is 4.29. The molecule has 1 aliphatic carbocycles. The number of likely N-dealkylation sites (tertiary alicyclic amines) is 1. The minimum atomic E-state index is -0.480. The molecule has 2 fully saturated rings. The number of amides is 3. The quantitative estimate of drug-likeness (QED) is 0.782.